The first-order valence-corrected chi connectivity index (χ1v) is 8.67. The van der Waals surface area contributed by atoms with Crippen molar-refractivity contribution in [2.75, 3.05) is 12.4 Å². The van der Waals surface area contributed by atoms with Gasteiger partial charge in [0.25, 0.3) is 5.91 Å². The van der Waals surface area contributed by atoms with Crippen LogP contribution in [0.2, 0.25) is 0 Å². The van der Waals surface area contributed by atoms with Gasteiger partial charge in [0.2, 0.25) is 5.88 Å². The van der Waals surface area contributed by atoms with E-state index in [-0.39, 0.29) is 5.91 Å². The minimum Gasteiger partial charge on any atom is -0.480 e. The second kappa shape index (κ2) is 8.30. The van der Waals surface area contributed by atoms with Gasteiger partial charge in [0.1, 0.15) is 5.69 Å². The molecule has 1 amide bonds. The van der Waals surface area contributed by atoms with E-state index in [1.54, 1.807) is 36.3 Å². The minimum absolute atomic E-state index is 0.199. The summed E-state index contributed by atoms with van der Waals surface area (Å²) in [6, 6.07) is 15.0. The summed E-state index contributed by atoms with van der Waals surface area (Å²) in [6.45, 7) is 0. The molecule has 0 unspecified atom stereocenters. The van der Waals surface area contributed by atoms with Gasteiger partial charge in [0.15, 0.2) is 0 Å². The van der Waals surface area contributed by atoms with Gasteiger partial charge in [-0.1, -0.05) is 6.07 Å². The third kappa shape index (κ3) is 4.58. The monoisotopic (exact) mass is 351 g/mol. The SMILES string of the molecule is COc1ncccc1NC(=O)c1ccc(SCc2cccnc2)cc1. The summed E-state index contributed by atoms with van der Waals surface area (Å²) < 4.78 is 5.14. The molecule has 25 heavy (non-hydrogen) atoms. The summed E-state index contributed by atoms with van der Waals surface area (Å²) in [5.74, 6) is 1.03. The van der Waals surface area contributed by atoms with Crippen molar-refractivity contribution < 1.29 is 9.53 Å². The number of pyridine rings is 2. The fraction of sp³-hybridized carbons (Fsp3) is 0.105. The molecule has 5 nitrogen and oxygen atoms in total. The third-order valence-corrected chi connectivity index (χ3v) is 4.54. The number of nitrogens with zero attached hydrogens (tertiary/aromatic N) is 2. The highest BCUT2D eigenvalue weighted by Gasteiger charge is 2.10. The first-order valence-electron chi connectivity index (χ1n) is 7.68. The van der Waals surface area contributed by atoms with Crippen molar-refractivity contribution in [3.05, 3.63) is 78.2 Å². The van der Waals surface area contributed by atoms with Crippen LogP contribution in [0.1, 0.15) is 15.9 Å². The van der Waals surface area contributed by atoms with Crippen LogP contribution in [0.25, 0.3) is 0 Å². The molecule has 2 aromatic heterocycles. The molecule has 0 spiro atoms. The molecule has 0 aliphatic carbocycles. The number of aromatic nitrogens is 2. The molecule has 1 aromatic carbocycles. The Morgan fingerprint density at radius 1 is 1.12 bits per heavy atom. The van der Waals surface area contributed by atoms with E-state index in [9.17, 15) is 4.79 Å². The van der Waals surface area contributed by atoms with Crippen LogP contribution in [-0.4, -0.2) is 23.0 Å². The van der Waals surface area contributed by atoms with Gasteiger partial charge in [-0.3, -0.25) is 9.78 Å². The predicted octanol–water partition coefficient (Wildman–Crippen LogP) is 4.03. The Balaban J connectivity index is 1.62. The quantitative estimate of drug-likeness (QED) is 0.679. The standard InChI is InChI=1S/C19H17N3O2S/c1-24-19-17(5-3-11-21-19)22-18(23)15-6-8-16(9-7-15)25-13-14-4-2-10-20-12-14/h2-12H,13H2,1H3,(H,22,23). The normalized spacial score (nSPS) is 10.3. The van der Waals surface area contributed by atoms with E-state index in [2.05, 4.69) is 15.3 Å². The molecular weight excluding hydrogens is 334 g/mol. The van der Waals surface area contributed by atoms with E-state index < -0.39 is 0 Å². The third-order valence-electron chi connectivity index (χ3n) is 3.46. The fourth-order valence-corrected chi connectivity index (χ4v) is 3.03. The molecule has 0 aliphatic rings. The summed E-state index contributed by atoms with van der Waals surface area (Å²) in [5.41, 5.74) is 2.29. The first-order chi connectivity index (χ1) is 12.3. The zero-order valence-electron chi connectivity index (χ0n) is 13.7. The molecule has 3 aromatic rings. The lowest BCUT2D eigenvalue weighted by molar-refractivity contribution is 0.102. The van der Waals surface area contributed by atoms with Crippen LogP contribution in [0.15, 0.2) is 72.0 Å². The zero-order valence-corrected chi connectivity index (χ0v) is 14.5. The molecule has 0 radical (unpaired) electrons. The molecule has 2 heterocycles. The number of nitrogens with one attached hydrogen (secondary N) is 1. The fourth-order valence-electron chi connectivity index (χ4n) is 2.20. The minimum atomic E-state index is -0.199. The second-order valence-corrected chi connectivity index (χ2v) is 6.24. The van der Waals surface area contributed by atoms with Crippen molar-refractivity contribution >= 4 is 23.4 Å². The second-order valence-electron chi connectivity index (χ2n) is 5.19. The van der Waals surface area contributed by atoms with Crippen molar-refractivity contribution in [2.24, 2.45) is 0 Å². The molecule has 6 heteroatoms. The Morgan fingerprint density at radius 2 is 1.92 bits per heavy atom. The lowest BCUT2D eigenvalue weighted by atomic mass is 10.2. The Kier molecular flexibility index (Phi) is 5.64. The number of methoxy groups -OCH3 is 1. The molecule has 0 saturated heterocycles. The number of anilines is 1. The zero-order chi connectivity index (χ0) is 17.5. The molecule has 0 bridgehead atoms. The molecule has 0 atom stereocenters. The number of carbonyl (C=O) groups is 1. The van der Waals surface area contributed by atoms with E-state index >= 15 is 0 Å². The van der Waals surface area contributed by atoms with Gasteiger partial charge >= 0.3 is 0 Å². The van der Waals surface area contributed by atoms with E-state index in [0.717, 1.165) is 16.2 Å². The predicted molar refractivity (Wildman–Crippen MR) is 99.0 cm³/mol. The molecule has 1 N–H and O–H groups in total. The number of amides is 1. The van der Waals surface area contributed by atoms with Crippen LogP contribution < -0.4 is 10.1 Å². The van der Waals surface area contributed by atoms with E-state index in [1.165, 1.54) is 7.11 Å². The van der Waals surface area contributed by atoms with Crippen LogP contribution in [0, 0.1) is 0 Å². The smallest absolute Gasteiger partial charge is 0.255 e. The Bertz CT molecular complexity index is 839. The van der Waals surface area contributed by atoms with Crippen molar-refractivity contribution in [1.29, 1.82) is 0 Å². The summed E-state index contributed by atoms with van der Waals surface area (Å²) in [7, 11) is 1.52. The largest absolute Gasteiger partial charge is 0.480 e. The highest BCUT2D eigenvalue weighted by Crippen LogP contribution is 2.24. The Morgan fingerprint density at radius 3 is 2.64 bits per heavy atom. The van der Waals surface area contributed by atoms with E-state index in [1.807, 2.05) is 42.6 Å². The summed E-state index contributed by atoms with van der Waals surface area (Å²) in [6.07, 6.45) is 5.23. The highest BCUT2D eigenvalue weighted by atomic mass is 32.2. The number of ether oxygens (including phenoxy) is 1. The van der Waals surface area contributed by atoms with Crippen molar-refractivity contribution in [3.8, 4) is 5.88 Å². The summed E-state index contributed by atoms with van der Waals surface area (Å²) in [5, 5.41) is 2.81. The average molecular weight is 351 g/mol. The Labute approximate surface area is 150 Å². The van der Waals surface area contributed by atoms with Crippen LogP contribution in [0.3, 0.4) is 0 Å². The molecule has 0 saturated carbocycles. The molecule has 0 fully saturated rings. The molecule has 126 valence electrons. The van der Waals surface area contributed by atoms with Crippen molar-refractivity contribution in [2.45, 2.75) is 10.6 Å². The van der Waals surface area contributed by atoms with Crippen LogP contribution in [0.4, 0.5) is 5.69 Å². The number of thioether (sulfide) groups is 1. The van der Waals surface area contributed by atoms with E-state index in [4.69, 9.17) is 4.74 Å². The molecular formula is C19H17N3O2S. The Hall–Kier alpha value is -2.86. The van der Waals surface area contributed by atoms with Gasteiger partial charge in [0, 0.05) is 34.8 Å². The van der Waals surface area contributed by atoms with E-state index in [0.29, 0.717) is 17.1 Å². The van der Waals surface area contributed by atoms with Gasteiger partial charge in [-0.2, -0.15) is 0 Å². The highest BCUT2D eigenvalue weighted by molar-refractivity contribution is 7.98. The lowest BCUT2D eigenvalue weighted by Gasteiger charge is -2.09. The number of hydrogen-bond acceptors (Lipinski definition) is 5. The summed E-state index contributed by atoms with van der Waals surface area (Å²) >= 11 is 1.70. The van der Waals surface area contributed by atoms with Crippen molar-refractivity contribution in [3.63, 3.8) is 0 Å². The van der Waals surface area contributed by atoms with Crippen molar-refractivity contribution in [1.82, 2.24) is 9.97 Å². The average Bonchev–Trinajstić information content (AvgIpc) is 2.68. The van der Waals surface area contributed by atoms with Gasteiger partial charge in [0.05, 0.1) is 7.11 Å². The van der Waals surface area contributed by atoms with Gasteiger partial charge < -0.3 is 10.1 Å². The maximum absolute atomic E-state index is 12.4. The number of rotatable bonds is 6. The maximum atomic E-state index is 12.4. The summed E-state index contributed by atoms with van der Waals surface area (Å²) in [4.78, 5) is 21.6. The van der Waals surface area contributed by atoms with Gasteiger partial charge in [-0.05, 0) is 48.0 Å². The van der Waals surface area contributed by atoms with Crippen LogP contribution in [0.5, 0.6) is 5.88 Å². The first kappa shape index (κ1) is 17.0. The molecule has 0 aliphatic heterocycles. The maximum Gasteiger partial charge on any atom is 0.255 e. The number of hydrogen-bond donors (Lipinski definition) is 1. The molecule has 3 rings (SSSR count). The van der Waals surface area contributed by atoms with Gasteiger partial charge in [-0.25, -0.2) is 4.98 Å². The van der Waals surface area contributed by atoms with Gasteiger partial charge in [-0.15, -0.1) is 11.8 Å². The lowest BCUT2D eigenvalue weighted by Crippen LogP contribution is -2.12. The van der Waals surface area contributed by atoms with Crippen LogP contribution in [-0.2, 0) is 5.75 Å². The number of benzene rings is 1. The van der Waals surface area contributed by atoms with Crippen LogP contribution >= 0.6 is 11.8 Å². The number of carbonyl (C=O) groups excluding carboxylic acids is 1. The topological polar surface area (TPSA) is 64.1 Å².